The highest BCUT2D eigenvalue weighted by molar-refractivity contribution is 4.99. The van der Waals surface area contributed by atoms with Crippen molar-refractivity contribution >= 4 is 0 Å². The molecule has 0 aliphatic carbocycles. The molecule has 0 bridgehead atoms. The molecule has 2 aliphatic heterocycles. The highest BCUT2D eigenvalue weighted by atomic mass is 16.5. The third-order valence-electron chi connectivity index (χ3n) is 2.91. The second-order valence-corrected chi connectivity index (χ2v) is 3.77. The maximum absolute atomic E-state index is 8.73. The summed E-state index contributed by atoms with van der Waals surface area (Å²) in [6.07, 6.45) is 3.10. The number of nitrogens with one attached hydrogen (secondary N) is 1. The predicted octanol–water partition coefficient (Wildman–Crippen LogP) is 0.669. The Kier molecular flexibility index (Phi) is 2.03. The lowest BCUT2D eigenvalue weighted by Crippen LogP contribution is -2.41. The van der Waals surface area contributed by atoms with Crippen molar-refractivity contribution in [2.24, 2.45) is 5.92 Å². The first kappa shape index (κ1) is 8.03. The summed E-state index contributed by atoms with van der Waals surface area (Å²) in [5, 5.41) is 12.0. The van der Waals surface area contributed by atoms with Gasteiger partial charge in [0.1, 0.15) is 0 Å². The minimum absolute atomic E-state index is 0.0612. The molecule has 3 heteroatoms. The molecular weight excluding hydrogens is 152 g/mol. The molecular formula is C9H14N2O. The molecule has 0 aromatic rings. The van der Waals surface area contributed by atoms with Gasteiger partial charge >= 0.3 is 0 Å². The van der Waals surface area contributed by atoms with Crippen molar-refractivity contribution in [3.05, 3.63) is 0 Å². The molecule has 0 aromatic carbocycles. The van der Waals surface area contributed by atoms with Crippen molar-refractivity contribution < 1.29 is 4.74 Å². The van der Waals surface area contributed by atoms with Crippen molar-refractivity contribution in [1.29, 1.82) is 5.26 Å². The van der Waals surface area contributed by atoms with E-state index in [1.165, 1.54) is 0 Å². The minimum atomic E-state index is 0.0612. The van der Waals surface area contributed by atoms with Crippen LogP contribution in [0.5, 0.6) is 0 Å². The van der Waals surface area contributed by atoms with Crippen LogP contribution in [0.3, 0.4) is 0 Å². The summed E-state index contributed by atoms with van der Waals surface area (Å²) in [7, 11) is 0. The van der Waals surface area contributed by atoms with Crippen LogP contribution in [-0.4, -0.2) is 25.3 Å². The third kappa shape index (κ3) is 1.33. The standard InChI is InChI=1S/C9H14N2O/c10-6-8-5-9(12-7-8)1-3-11-4-2-9/h8,11H,1-5,7H2. The van der Waals surface area contributed by atoms with Gasteiger partial charge < -0.3 is 10.1 Å². The Morgan fingerprint density at radius 2 is 2.17 bits per heavy atom. The quantitative estimate of drug-likeness (QED) is 0.575. The van der Waals surface area contributed by atoms with E-state index in [-0.39, 0.29) is 11.5 Å². The molecule has 0 aromatic heterocycles. The summed E-state index contributed by atoms with van der Waals surface area (Å²) in [5.41, 5.74) is 0.0612. The van der Waals surface area contributed by atoms with Gasteiger partial charge in [-0.2, -0.15) is 5.26 Å². The molecule has 1 unspecified atom stereocenters. The molecule has 1 atom stereocenters. The number of piperidine rings is 1. The van der Waals surface area contributed by atoms with Gasteiger partial charge in [0.2, 0.25) is 0 Å². The molecule has 12 heavy (non-hydrogen) atoms. The van der Waals surface area contributed by atoms with E-state index in [0.717, 1.165) is 32.4 Å². The third-order valence-corrected chi connectivity index (χ3v) is 2.91. The van der Waals surface area contributed by atoms with Crippen LogP contribution in [0, 0.1) is 17.2 Å². The zero-order chi connectivity index (χ0) is 8.44. The Morgan fingerprint density at radius 1 is 1.42 bits per heavy atom. The zero-order valence-electron chi connectivity index (χ0n) is 7.18. The van der Waals surface area contributed by atoms with E-state index in [0.29, 0.717) is 6.61 Å². The van der Waals surface area contributed by atoms with E-state index in [2.05, 4.69) is 11.4 Å². The van der Waals surface area contributed by atoms with Gasteiger partial charge in [-0.15, -0.1) is 0 Å². The Balaban J connectivity index is 1.99. The average molecular weight is 166 g/mol. The predicted molar refractivity (Wildman–Crippen MR) is 44.5 cm³/mol. The molecule has 2 aliphatic rings. The molecule has 0 radical (unpaired) electrons. The SMILES string of the molecule is N#CC1COC2(CCNCC2)C1. The Morgan fingerprint density at radius 3 is 2.75 bits per heavy atom. The molecule has 2 saturated heterocycles. The molecule has 0 amide bonds. The highest BCUT2D eigenvalue weighted by Crippen LogP contribution is 2.36. The van der Waals surface area contributed by atoms with Crippen LogP contribution in [0.25, 0.3) is 0 Å². The Bertz CT molecular complexity index is 203. The lowest BCUT2D eigenvalue weighted by Gasteiger charge is -2.32. The monoisotopic (exact) mass is 166 g/mol. The maximum Gasteiger partial charge on any atom is 0.0724 e. The van der Waals surface area contributed by atoms with Crippen molar-refractivity contribution in [1.82, 2.24) is 5.32 Å². The molecule has 2 rings (SSSR count). The first-order chi connectivity index (χ1) is 5.85. The fraction of sp³-hybridized carbons (Fsp3) is 0.889. The minimum Gasteiger partial charge on any atom is -0.373 e. The van der Waals surface area contributed by atoms with Gasteiger partial charge in [-0.05, 0) is 32.4 Å². The molecule has 1 spiro atoms. The van der Waals surface area contributed by atoms with E-state index >= 15 is 0 Å². The van der Waals surface area contributed by atoms with E-state index in [4.69, 9.17) is 10.00 Å². The van der Waals surface area contributed by atoms with E-state index < -0.39 is 0 Å². The molecule has 2 heterocycles. The van der Waals surface area contributed by atoms with Gasteiger partial charge in [-0.1, -0.05) is 0 Å². The first-order valence-corrected chi connectivity index (χ1v) is 4.59. The number of hydrogen-bond donors (Lipinski definition) is 1. The van der Waals surface area contributed by atoms with E-state index in [1.807, 2.05) is 0 Å². The van der Waals surface area contributed by atoms with Crippen molar-refractivity contribution in [3.8, 4) is 6.07 Å². The van der Waals surface area contributed by atoms with Gasteiger partial charge in [0.15, 0.2) is 0 Å². The van der Waals surface area contributed by atoms with Gasteiger partial charge in [0.25, 0.3) is 0 Å². The fourth-order valence-electron chi connectivity index (χ4n) is 2.16. The molecule has 0 saturated carbocycles. The van der Waals surface area contributed by atoms with Crippen LogP contribution in [0.15, 0.2) is 0 Å². The van der Waals surface area contributed by atoms with E-state index in [9.17, 15) is 0 Å². The fourth-order valence-corrected chi connectivity index (χ4v) is 2.16. The summed E-state index contributed by atoms with van der Waals surface area (Å²) < 4.78 is 5.72. The summed E-state index contributed by atoms with van der Waals surface area (Å²) in [5.74, 6) is 0.142. The Labute approximate surface area is 72.7 Å². The summed E-state index contributed by atoms with van der Waals surface area (Å²) in [6, 6.07) is 2.29. The second kappa shape index (κ2) is 3.04. The van der Waals surface area contributed by atoms with Gasteiger partial charge in [-0.3, -0.25) is 0 Å². The largest absolute Gasteiger partial charge is 0.373 e. The number of nitriles is 1. The van der Waals surface area contributed by atoms with E-state index in [1.54, 1.807) is 0 Å². The highest BCUT2D eigenvalue weighted by Gasteiger charge is 2.40. The van der Waals surface area contributed by atoms with Gasteiger partial charge in [0.05, 0.1) is 24.2 Å². The smallest absolute Gasteiger partial charge is 0.0724 e. The van der Waals surface area contributed by atoms with Crippen LogP contribution in [0.2, 0.25) is 0 Å². The van der Waals surface area contributed by atoms with Crippen molar-refractivity contribution in [3.63, 3.8) is 0 Å². The normalized spacial score (nSPS) is 33.4. The number of ether oxygens (including phenoxy) is 1. The van der Waals surface area contributed by atoms with Crippen LogP contribution in [0.1, 0.15) is 19.3 Å². The number of rotatable bonds is 0. The van der Waals surface area contributed by atoms with Crippen LogP contribution >= 0.6 is 0 Å². The summed E-state index contributed by atoms with van der Waals surface area (Å²) in [4.78, 5) is 0. The van der Waals surface area contributed by atoms with Gasteiger partial charge in [0, 0.05) is 0 Å². The number of hydrogen-bond acceptors (Lipinski definition) is 3. The second-order valence-electron chi connectivity index (χ2n) is 3.77. The Hall–Kier alpha value is -0.590. The molecule has 1 N–H and O–H groups in total. The topological polar surface area (TPSA) is 45.0 Å². The zero-order valence-corrected chi connectivity index (χ0v) is 7.18. The molecule has 2 fully saturated rings. The first-order valence-electron chi connectivity index (χ1n) is 4.59. The summed E-state index contributed by atoms with van der Waals surface area (Å²) in [6.45, 7) is 2.73. The van der Waals surface area contributed by atoms with Gasteiger partial charge in [-0.25, -0.2) is 0 Å². The average Bonchev–Trinajstić information content (AvgIpc) is 2.50. The maximum atomic E-state index is 8.73. The van der Waals surface area contributed by atoms with Crippen LogP contribution < -0.4 is 5.32 Å². The molecule has 3 nitrogen and oxygen atoms in total. The van der Waals surface area contributed by atoms with Crippen molar-refractivity contribution in [2.75, 3.05) is 19.7 Å². The van der Waals surface area contributed by atoms with Crippen LogP contribution in [-0.2, 0) is 4.74 Å². The molecule has 66 valence electrons. The summed E-state index contributed by atoms with van der Waals surface area (Å²) >= 11 is 0. The number of nitrogens with zero attached hydrogens (tertiary/aromatic N) is 1. The lowest BCUT2D eigenvalue weighted by atomic mass is 9.86. The lowest BCUT2D eigenvalue weighted by molar-refractivity contribution is -0.0194. The van der Waals surface area contributed by atoms with Crippen LogP contribution in [0.4, 0.5) is 0 Å². The van der Waals surface area contributed by atoms with Crippen molar-refractivity contribution in [2.45, 2.75) is 24.9 Å².